The van der Waals surface area contributed by atoms with E-state index in [2.05, 4.69) is 146 Å². The van der Waals surface area contributed by atoms with Gasteiger partial charge in [0, 0.05) is 0 Å². The Kier molecular flexibility index (Phi) is 10.1. The Bertz CT molecular complexity index is 1450. The van der Waals surface area contributed by atoms with Crippen molar-refractivity contribution < 1.29 is 0 Å². The van der Waals surface area contributed by atoms with Gasteiger partial charge in [0.15, 0.2) is 0 Å². The lowest BCUT2D eigenvalue weighted by Crippen LogP contribution is -2.36. The van der Waals surface area contributed by atoms with Gasteiger partial charge in [0.05, 0.1) is 17.1 Å². The lowest BCUT2D eigenvalue weighted by molar-refractivity contribution is 0.751. The highest BCUT2D eigenvalue weighted by molar-refractivity contribution is 7.73. The van der Waals surface area contributed by atoms with Crippen LogP contribution in [-0.2, 0) is 0 Å². The fourth-order valence-corrected chi connectivity index (χ4v) is 8.27. The minimum absolute atomic E-state index is 0.353. The van der Waals surface area contributed by atoms with Crippen molar-refractivity contribution in [1.29, 1.82) is 0 Å². The molecule has 3 aromatic carbocycles. The van der Waals surface area contributed by atoms with Crippen LogP contribution in [0, 0.1) is 0 Å². The van der Waals surface area contributed by atoms with Crippen molar-refractivity contribution >= 4 is 24.1 Å². The Morgan fingerprint density at radius 3 is 1.00 bits per heavy atom. The Hall–Kier alpha value is -2.48. The van der Waals surface area contributed by atoms with E-state index in [0.29, 0.717) is 35.5 Å². The summed E-state index contributed by atoms with van der Waals surface area (Å²) in [5, 5.41) is 0. The average molecular weight is 604 g/mol. The molecule has 1 aromatic heterocycles. The highest BCUT2D eigenvalue weighted by atomic mass is 35.7. The molecule has 0 atom stereocenters. The maximum Gasteiger partial charge on any atom is 0.229 e. The molecule has 4 rings (SSSR count). The van der Waals surface area contributed by atoms with E-state index in [1.165, 1.54) is 44.8 Å². The Morgan fingerprint density at radius 2 is 0.738 bits per heavy atom. The van der Waals surface area contributed by atoms with Crippen LogP contribution >= 0.6 is 18.4 Å². The fourth-order valence-electron chi connectivity index (χ4n) is 6.00. The fraction of sp³-hybridized carbons (Fsp3) is 0.486. The topological polar surface area (TPSA) is 22.2 Å². The molecule has 0 aliphatic carbocycles. The van der Waals surface area contributed by atoms with Gasteiger partial charge in [0.1, 0.15) is 7.20 Å². The van der Waals surface area contributed by atoms with Crippen molar-refractivity contribution in [3.63, 3.8) is 0 Å². The molecule has 226 valence electrons. The summed E-state index contributed by atoms with van der Waals surface area (Å²) in [6.45, 7) is 27.3. The van der Waals surface area contributed by atoms with Gasteiger partial charge in [-0.15, -0.1) is 0 Å². The van der Waals surface area contributed by atoms with E-state index in [-0.39, 0.29) is 0 Å². The van der Waals surface area contributed by atoms with Crippen molar-refractivity contribution in [2.75, 3.05) is 0 Å². The summed E-state index contributed by atoms with van der Waals surface area (Å²) in [6.07, 6.45) is 0. The standard InChI is InChI=1S/C37H51ClN3P/c1-22(2)28-16-13-17-29(23(3)4)34(28)39-37-40(35-30(24(5)6)18-14-19-31(35)25(7)8)42(38)41(37)36-32(26(9)10)20-15-21-33(36)27(11)12/h13-27H,1-12H3. The first-order chi connectivity index (χ1) is 19.8. The zero-order chi connectivity index (χ0) is 31.0. The third-order valence-electron chi connectivity index (χ3n) is 8.37. The molecule has 0 saturated carbocycles. The SMILES string of the molecule is CC(C)c1cccc(C(C)C)c1N=c1n(-c2c(C(C)C)cccc2C(C)C)p(Cl)n1-c1c(C(C)C)cccc1C(C)C. The summed E-state index contributed by atoms with van der Waals surface area (Å²) in [5.74, 6) is 2.14. The molecule has 0 radical (unpaired) electrons. The van der Waals surface area contributed by atoms with E-state index < -0.39 is 7.20 Å². The predicted molar refractivity (Wildman–Crippen MR) is 185 cm³/mol. The number of aromatic nitrogens is 2. The highest BCUT2D eigenvalue weighted by Gasteiger charge is 2.28. The molecular formula is C37H51ClN3P. The molecule has 0 saturated heterocycles. The molecule has 0 bridgehead atoms. The number of para-hydroxylation sites is 3. The molecule has 0 aliphatic rings. The molecule has 3 nitrogen and oxygen atoms in total. The van der Waals surface area contributed by atoms with Crippen LogP contribution in [0.5, 0.6) is 0 Å². The molecule has 1 heterocycles. The van der Waals surface area contributed by atoms with Gasteiger partial charge in [-0.05, 0) is 80.1 Å². The van der Waals surface area contributed by atoms with Crippen LogP contribution in [0.3, 0.4) is 0 Å². The Morgan fingerprint density at radius 1 is 0.476 bits per heavy atom. The van der Waals surface area contributed by atoms with Gasteiger partial charge in [0.2, 0.25) is 5.62 Å². The van der Waals surface area contributed by atoms with E-state index in [0.717, 1.165) is 11.3 Å². The van der Waals surface area contributed by atoms with Crippen LogP contribution in [0.1, 0.15) is 152 Å². The zero-order valence-corrected chi connectivity index (χ0v) is 29.5. The Labute approximate surface area is 260 Å². The summed E-state index contributed by atoms with van der Waals surface area (Å²) in [4.78, 5) is 5.67. The van der Waals surface area contributed by atoms with Crippen molar-refractivity contribution in [2.24, 2.45) is 4.99 Å². The van der Waals surface area contributed by atoms with E-state index in [4.69, 9.17) is 16.2 Å². The first-order valence-electron chi connectivity index (χ1n) is 15.8. The quantitative estimate of drug-likeness (QED) is 0.181. The zero-order valence-electron chi connectivity index (χ0n) is 27.8. The number of nitrogens with zero attached hydrogens (tertiary/aromatic N) is 3. The molecule has 0 spiro atoms. The van der Waals surface area contributed by atoms with E-state index in [1.54, 1.807) is 0 Å². The second-order valence-corrected chi connectivity index (χ2v) is 15.7. The van der Waals surface area contributed by atoms with Gasteiger partial charge in [-0.3, -0.25) is 0 Å². The lowest BCUT2D eigenvalue weighted by atomic mass is 9.92. The normalized spacial score (nSPS) is 12.7. The molecule has 0 N–H and O–H groups in total. The van der Waals surface area contributed by atoms with E-state index in [9.17, 15) is 0 Å². The summed E-state index contributed by atoms with van der Waals surface area (Å²) in [6, 6.07) is 20.2. The Balaban J connectivity index is 2.27. The van der Waals surface area contributed by atoms with Gasteiger partial charge < -0.3 is 0 Å². The summed E-state index contributed by atoms with van der Waals surface area (Å²) >= 11 is 7.66. The first kappa shape index (κ1) is 32.4. The molecule has 4 aromatic rings. The monoisotopic (exact) mass is 603 g/mol. The van der Waals surface area contributed by atoms with Crippen LogP contribution in [0.15, 0.2) is 59.6 Å². The van der Waals surface area contributed by atoms with Crippen LogP contribution in [0.2, 0.25) is 0 Å². The average Bonchev–Trinajstić information content (AvgIpc) is 2.92. The first-order valence-corrected chi connectivity index (χ1v) is 18.0. The second kappa shape index (κ2) is 13.0. The van der Waals surface area contributed by atoms with Crippen molar-refractivity contribution in [1.82, 2.24) is 8.66 Å². The predicted octanol–water partition coefficient (Wildman–Crippen LogP) is 12.2. The van der Waals surface area contributed by atoms with Crippen LogP contribution in [-0.4, -0.2) is 8.66 Å². The van der Waals surface area contributed by atoms with Crippen molar-refractivity contribution in [3.05, 3.63) is 93.6 Å². The number of hydrogen-bond donors (Lipinski definition) is 0. The second-order valence-electron chi connectivity index (χ2n) is 13.6. The minimum atomic E-state index is -1.24. The van der Waals surface area contributed by atoms with Gasteiger partial charge in [-0.1, -0.05) is 138 Å². The van der Waals surface area contributed by atoms with Crippen LogP contribution in [0.25, 0.3) is 11.4 Å². The molecular weight excluding hydrogens is 553 g/mol. The van der Waals surface area contributed by atoms with Crippen LogP contribution in [0.4, 0.5) is 5.69 Å². The highest BCUT2D eigenvalue weighted by Crippen LogP contribution is 2.46. The molecule has 42 heavy (non-hydrogen) atoms. The summed E-state index contributed by atoms with van der Waals surface area (Å²) in [5.41, 5.74) is 12.4. The van der Waals surface area contributed by atoms with Gasteiger partial charge in [-0.25, -0.2) is 13.7 Å². The van der Waals surface area contributed by atoms with Gasteiger partial charge in [0.25, 0.3) is 0 Å². The number of rotatable bonds is 9. The summed E-state index contributed by atoms with van der Waals surface area (Å²) < 4.78 is 4.76. The third-order valence-corrected chi connectivity index (χ3v) is 10.7. The third kappa shape index (κ3) is 5.97. The molecule has 0 aliphatic heterocycles. The van der Waals surface area contributed by atoms with Crippen molar-refractivity contribution in [3.8, 4) is 11.4 Å². The summed E-state index contributed by atoms with van der Waals surface area (Å²) in [7, 11) is -1.24. The largest absolute Gasteiger partial charge is 0.243 e. The maximum absolute atomic E-state index is 7.66. The van der Waals surface area contributed by atoms with Crippen molar-refractivity contribution in [2.45, 2.75) is 119 Å². The molecule has 5 heteroatoms. The lowest BCUT2D eigenvalue weighted by Gasteiger charge is -2.31. The number of hydrogen-bond acceptors (Lipinski definition) is 1. The van der Waals surface area contributed by atoms with E-state index in [1.807, 2.05) is 0 Å². The molecule has 0 unspecified atom stereocenters. The van der Waals surface area contributed by atoms with Crippen LogP contribution < -0.4 is 5.62 Å². The van der Waals surface area contributed by atoms with E-state index >= 15 is 0 Å². The molecule has 0 fully saturated rings. The minimum Gasteiger partial charge on any atom is -0.243 e. The number of benzene rings is 3. The smallest absolute Gasteiger partial charge is 0.229 e. The van der Waals surface area contributed by atoms with Gasteiger partial charge in [-0.2, -0.15) is 0 Å². The maximum atomic E-state index is 7.66. The molecule has 0 amide bonds. The van der Waals surface area contributed by atoms with Gasteiger partial charge >= 0.3 is 0 Å². The number of halogens is 1.